The van der Waals surface area contributed by atoms with Crippen LogP contribution in [0.4, 0.5) is 5.69 Å². The first-order valence-electron chi connectivity index (χ1n) is 9.54. The van der Waals surface area contributed by atoms with Crippen molar-refractivity contribution in [1.82, 2.24) is 10.2 Å². The minimum Gasteiger partial charge on any atom is -0.378 e. The second-order valence-corrected chi connectivity index (χ2v) is 7.45. The Labute approximate surface area is 168 Å². The molecule has 148 valence electrons. The molecule has 2 aliphatic heterocycles. The van der Waals surface area contributed by atoms with E-state index in [1.807, 2.05) is 38.1 Å². The molecule has 7 nitrogen and oxygen atoms in total. The van der Waals surface area contributed by atoms with Gasteiger partial charge in [0, 0.05) is 18.2 Å². The van der Waals surface area contributed by atoms with Gasteiger partial charge in [-0.2, -0.15) is 0 Å². The fourth-order valence-corrected chi connectivity index (χ4v) is 3.81. The molecule has 0 bridgehead atoms. The summed E-state index contributed by atoms with van der Waals surface area (Å²) >= 11 is 0. The van der Waals surface area contributed by atoms with E-state index in [0.717, 1.165) is 16.0 Å². The van der Waals surface area contributed by atoms with Gasteiger partial charge >= 0.3 is 0 Å². The van der Waals surface area contributed by atoms with Gasteiger partial charge in [0.05, 0.1) is 11.1 Å². The Morgan fingerprint density at radius 1 is 1.03 bits per heavy atom. The van der Waals surface area contributed by atoms with Crippen LogP contribution in [0.3, 0.4) is 0 Å². The molecular weight excluding hydrogens is 370 g/mol. The number of carbonyl (C=O) groups is 4. The Morgan fingerprint density at radius 2 is 1.76 bits per heavy atom. The average molecular weight is 391 g/mol. The van der Waals surface area contributed by atoms with E-state index in [1.165, 1.54) is 0 Å². The molecule has 0 spiro atoms. The van der Waals surface area contributed by atoms with Crippen molar-refractivity contribution in [3.63, 3.8) is 0 Å². The van der Waals surface area contributed by atoms with Gasteiger partial charge in [-0.05, 0) is 38.0 Å². The summed E-state index contributed by atoms with van der Waals surface area (Å²) < 4.78 is 0. The van der Waals surface area contributed by atoms with Gasteiger partial charge in [-0.15, -0.1) is 0 Å². The molecule has 2 aromatic carbocycles. The molecule has 4 amide bonds. The molecule has 2 aliphatic rings. The van der Waals surface area contributed by atoms with Crippen molar-refractivity contribution in [2.45, 2.75) is 38.8 Å². The highest BCUT2D eigenvalue weighted by Crippen LogP contribution is 2.34. The average Bonchev–Trinajstić information content (AvgIpc) is 2.94. The highest BCUT2D eigenvalue weighted by molar-refractivity contribution is 6.25. The maximum Gasteiger partial charge on any atom is 0.264 e. The van der Waals surface area contributed by atoms with Gasteiger partial charge in [0.25, 0.3) is 11.8 Å². The summed E-state index contributed by atoms with van der Waals surface area (Å²) in [7, 11) is 0. The lowest BCUT2D eigenvalue weighted by atomic mass is 10.0. The van der Waals surface area contributed by atoms with Crippen LogP contribution in [-0.2, 0) is 9.59 Å². The second-order valence-electron chi connectivity index (χ2n) is 7.45. The van der Waals surface area contributed by atoms with Crippen molar-refractivity contribution in [3.8, 4) is 0 Å². The number of aryl methyl sites for hydroxylation is 1. The number of piperidine rings is 1. The minimum atomic E-state index is -0.970. The maximum absolute atomic E-state index is 13.1. The molecule has 0 saturated carbocycles. The standard InChI is InChI=1S/C22H21N3O4/c1-12-6-8-14(9-7-12)13(2)23-16-5-3-4-15-19(16)22(29)25(21(15)28)17-10-11-18(26)24-20(17)27/h3-9,13,17,23H,10-11H2,1-2H3,(H,24,26,27)/t13-,17?/m0/s1. The third kappa shape index (κ3) is 3.29. The lowest BCUT2D eigenvalue weighted by molar-refractivity contribution is -0.136. The first-order valence-corrected chi connectivity index (χ1v) is 9.54. The Morgan fingerprint density at radius 3 is 2.45 bits per heavy atom. The Hall–Kier alpha value is -3.48. The Kier molecular flexibility index (Phi) is 4.66. The van der Waals surface area contributed by atoms with Crippen LogP contribution >= 0.6 is 0 Å². The minimum absolute atomic E-state index is 0.0883. The molecule has 2 atom stereocenters. The number of imide groups is 2. The summed E-state index contributed by atoms with van der Waals surface area (Å²) in [6.07, 6.45) is 0.234. The van der Waals surface area contributed by atoms with E-state index in [1.54, 1.807) is 18.2 Å². The fourth-order valence-electron chi connectivity index (χ4n) is 3.81. The van der Waals surface area contributed by atoms with Crippen LogP contribution in [0.5, 0.6) is 0 Å². The van der Waals surface area contributed by atoms with Crippen LogP contribution in [0, 0.1) is 6.92 Å². The van der Waals surface area contributed by atoms with Crippen molar-refractivity contribution in [2.75, 3.05) is 5.32 Å². The predicted molar refractivity (Wildman–Crippen MR) is 106 cm³/mol. The van der Waals surface area contributed by atoms with E-state index in [9.17, 15) is 19.2 Å². The lowest BCUT2D eigenvalue weighted by Crippen LogP contribution is -2.54. The summed E-state index contributed by atoms with van der Waals surface area (Å²) in [5, 5.41) is 5.52. The van der Waals surface area contributed by atoms with E-state index in [2.05, 4.69) is 10.6 Å². The predicted octanol–water partition coefficient (Wildman–Crippen LogP) is 2.57. The van der Waals surface area contributed by atoms with Crippen molar-refractivity contribution in [1.29, 1.82) is 0 Å². The summed E-state index contributed by atoms with van der Waals surface area (Å²) in [5.41, 5.74) is 3.28. The summed E-state index contributed by atoms with van der Waals surface area (Å²) in [6, 6.07) is 12.0. The first kappa shape index (κ1) is 18.9. The van der Waals surface area contributed by atoms with Crippen molar-refractivity contribution >= 4 is 29.3 Å². The van der Waals surface area contributed by atoms with Gasteiger partial charge in [-0.1, -0.05) is 35.9 Å². The molecule has 1 fully saturated rings. The van der Waals surface area contributed by atoms with Gasteiger partial charge in [0.1, 0.15) is 6.04 Å². The van der Waals surface area contributed by atoms with Crippen LogP contribution in [0.25, 0.3) is 0 Å². The monoisotopic (exact) mass is 391 g/mol. The molecule has 2 heterocycles. The smallest absolute Gasteiger partial charge is 0.264 e. The number of carbonyl (C=O) groups excluding carboxylic acids is 4. The first-order chi connectivity index (χ1) is 13.9. The third-order valence-corrected chi connectivity index (χ3v) is 5.42. The Balaban J connectivity index is 1.63. The number of rotatable bonds is 4. The van der Waals surface area contributed by atoms with Crippen molar-refractivity contribution < 1.29 is 19.2 Å². The van der Waals surface area contributed by atoms with Crippen LogP contribution in [0.15, 0.2) is 42.5 Å². The molecule has 29 heavy (non-hydrogen) atoms. The molecule has 7 heteroatoms. The van der Waals surface area contributed by atoms with E-state index >= 15 is 0 Å². The normalized spacial score (nSPS) is 19.8. The van der Waals surface area contributed by atoms with Crippen molar-refractivity contribution in [2.24, 2.45) is 0 Å². The van der Waals surface area contributed by atoms with E-state index in [-0.39, 0.29) is 30.0 Å². The number of hydrogen-bond acceptors (Lipinski definition) is 5. The number of benzene rings is 2. The van der Waals surface area contributed by atoms with Crippen LogP contribution in [0.2, 0.25) is 0 Å². The SMILES string of the molecule is Cc1ccc([C@H](C)Nc2cccc3c2C(=O)N(C2CCC(=O)NC2=O)C3=O)cc1. The highest BCUT2D eigenvalue weighted by Gasteiger charge is 2.45. The number of anilines is 1. The van der Waals surface area contributed by atoms with Crippen LogP contribution in [-0.4, -0.2) is 34.6 Å². The summed E-state index contributed by atoms with van der Waals surface area (Å²) in [6.45, 7) is 3.99. The number of fused-ring (bicyclic) bond motifs is 1. The van der Waals surface area contributed by atoms with E-state index in [0.29, 0.717) is 5.69 Å². The molecule has 2 aromatic rings. The van der Waals surface area contributed by atoms with Crippen LogP contribution in [0.1, 0.15) is 57.7 Å². The number of hydrogen-bond donors (Lipinski definition) is 2. The second kappa shape index (κ2) is 7.16. The zero-order valence-corrected chi connectivity index (χ0v) is 16.2. The summed E-state index contributed by atoms with van der Waals surface area (Å²) in [4.78, 5) is 50.6. The molecule has 0 aromatic heterocycles. The van der Waals surface area contributed by atoms with Gasteiger partial charge in [-0.25, -0.2) is 0 Å². The zero-order chi connectivity index (χ0) is 20.7. The molecular formula is C22H21N3O4. The number of nitrogens with zero attached hydrogens (tertiary/aromatic N) is 1. The van der Waals surface area contributed by atoms with Crippen molar-refractivity contribution in [3.05, 3.63) is 64.7 Å². The van der Waals surface area contributed by atoms with Gasteiger partial charge < -0.3 is 5.32 Å². The molecule has 1 unspecified atom stereocenters. The topological polar surface area (TPSA) is 95.6 Å². The van der Waals surface area contributed by atoms with E-state index in [4.69, 9.17) is 0 Å². The van der Waals surface area contributed by atoms with Crippen LogP contribution < -0.4 is 10.6 Å². The quantitative estimate of drug-likeness (QED) is 0.781. The zero-order valence-electron chi connectivity index (χ0n) is 16.2. The molecule has 1 saturated heterocycles. The Bertz CT molecular complexity index is 1030. The van der Waals surface area contributed by atoms with Gasteiger partial charge in [0.2, 0.25) is 11.8 Å². The summed E-state index contributed by atoms with van der Waals surface area (Å²) in [5.74, 6) is -2.03. The molecule has 0 aliphatic carbocycles. The molecule has 2 N–H and O–H groups in total. The lowest BCUT2D eigenvalue weighted by Gasteiger charge is -2.28. The third-order valence-electron chi connectivity index (χ3n) is 5.42. The van der Waals surface area contributed by atoms with Gasteiger partial charge in [0.15, 0.2) is 0 Å². The highest BCUT2D eigenvalue weighted by atomic mass is 16.2. The molecule has 0 radical (unpaired) electrons. The number of amides is 4. The fraction of sp³-hybridized carbons (Fsp3) is 0.273. The van der Waals surface area contributed by atoms with E-state index < -0.39 is 29.7 Å². The number of nitrogens with one attached hydrogen (secondary N) is 2. The maximum atomic E-state index is 13.1. The largest absolute Gasteiger partial charge is 0.378 e. The van der Waals surface area contributed by atoms with Gasteiger partial charge in [-0.3, -0.25) is 29.4 Å². The molecule has 4 rings (SSSR count).